The first-order chi connectivity index (χ1) is 12.4. The maximum atomic E-state index is 12.6. The van der Waals surface area contributed by atoms with Gasteiger partial charge >= 0.3 is 6.36 Å². The monoisotopic (exact) mass is 359 g/mol. The number of alkyl halides is 3. The summed E-state index contributed by atoms with van der Waals surface area (Å²) in [4.78, 5) is 0. The summed E-state index contributed by atoms with van der Waals surface area (Å²) in [5, 5.41) is 0. The molecule has 134 valence electrons. The summed E-state index contributed by atoms with van der Waals surface area (Å²) in [5.41, 5.74) is 8.01. The van der Waals surface area contributed by atoms with Crippen molar-refractivity contribution in [2.24, 2.45) is 0 Å². The molecule has 3 aromatic rings. The molecule has 0 aliphatic heterocycles. The Kier molecular flexibility index (Phi) is 5.02. The number of halogens is 3. The SMILES string of the molecule is Nc1cc(OCc2ccccc2)cc(-c2ccccc2OC(F)(F)F)c1. The van der Waals surface area contributed by atoms with Crippen molar-refractivity contribution in [1.29, 1.82) is 0 Å². The molecule has 0 bridgehead atoms. The second-order valence-electron chi connectivity index (χ2n) is 5.61. The third-order valence-corrected chi connectivity index (χ3v) is 3.60. The largest absolute Gasteiger partial charge is 0.573 e. The van der Waals surface area contributed by atoms with Crippen LogP contribution in [0.4, 0.5) is 18.9 Å². The molecule has 0 atom stereocenters. The van der Waals surface area contributed by atoms with E-state index in [-0.39, 0.29) is 11.3 Å². The smallest absolute Gasteiger partial charge is 0.489 e. The molecule has 0 aliphatic carbocycles. The van der Waals surface area contributed by atoms with Gasteiger partial charge in [0.05, 0.1) is 0 Å². The van der Waals surface area contributed by atoms with Crippen molar-refractivity contribution in [3.63, 3.8) is 0 Å². The van der Waals surface area contributed by atoms with Crippen molar-refractivity contribution in [3.05, 3.63) is 78.4 Å². The van der Waals surface area contributed by atoms with Gasteiger partial charge in [0.2, 0.25) is 0 Å². The summed E-state index contributed by atoms with van der Waals surface area (Å²) in [6.45, 7) is 0.324. The van der Waals surface area contributed by atoms with Crippen LogP contribution in [0.5, 0.6) is 11.5 Å². The van der Waals surface area contributed by atoms with Gasteiger partial charge in [0.1, 0.15) is 18.1 Å². The maximum Gasteiger partial charge on any atom is 0.573 e. The number of hydrogen-bond acceptors (Lipinski definition) is 3. The third kappa shape index (κ3) is 4.69. The molecule has 0 spiro atoms. The number of anilines is 1. The van der Waals surface area contributed by atoms with Crippen molar-refractivity contribution >= 4 is 5.69 Å². The number of ether oxygens (including phenoxy) is 2. The highest BCUT2D eigenvalue weighted by atomic mass is 19.4. The molecule has 3 aromatic carbocycles. The number of rotatable bonds is 5. The van der Waals surface area contributed by atoms with Crippen LogP contribution < -0.4 is 15.2 Å². The van der Waals surface area contributed by atoms with Crippen LogP contribution in [-0.4, -0.2) is 6.36 Å². The van der Waals surface area contributed by atoms with Crippen molar-refractivity contribution in [3.8, 4) is 22.6 Å². The van der Waals surface area contributed by atoms with E-state index in [1.807, 2.05) is 30.3 Å². The Morgan fingerprint density at radius 2 is 1.54 bits per heavy atom. The van der Waals surface area contributed by atoms with E-state index in [2.05, 4.69) is 4.74 Å². The van der Waals surface area contributed by atoms with Gasteiger partial charge in [-0.05, 0) is 29.3 Å². The maximum absolute atomic E-state index is 12.6. The van der Waals surface area contributed by atoms with Crippen LogP contribution in [0.3, 0.4) is 0 Å². The van der Waals surface area contributed by atoms with Gasteiger partial charge in [0.25, 0.3) is 0 Å². The first kappa shape index (κ1) is 17.7. The van der Waals surface area contributed by atoms with E-state index in [0.717, 1.165) is 5.56 Å². The van der Waals surface area contributed by atoms with Crippen molar-refractivity contribution in [2.45, 2.75) is 13.0 Å². The Balaban J connectivity index is 1.88. The van der Waals surface area contributed by atoms with Gasteiger partial charge in [-0.2, -0.15) is 0 Å². The van der Waals surface area contributed by atoms with Gasteiger partial charge in [-0.3, -0.25) is 0 Å². The zero-order chi connectivity index (χ0) is 18.6. The molecule has 0 fully saturated rings. The fraction of sp³-hybridized carbons (Fsp3) is 0.100. The molecule has 0 saturated carbocycles. The van der Waals surface area contributed by atoms with Crippen LogP contribution in [0.15, 0.2) is 72.8 Å². The lowest BCUT2D eigenvalue weighted by atomic mass is 10.0. The fourth-order valence-electron chi connectivity index (χ4n) is 2.52. The molecule has 3 rings (SSSR count). The summed E-state index contributed by atoms with van der Waals surface area (Å²) in [6.07, 6.45) is -4.77. The van der Waals surface area contributed by atoms with Gasteiger partial charge in [-0.15, -0.1) is 13.2 Å². The van der Waals surface area contributed by atoms with Gasteiger partial charge in [0, 0.05) is 17.3 Å². The molecule has 0 unspecified atom stereocenters. The number of para-hydroxylation sites is 1. The topological polar surface area (TPSA) is 44.5 Å². The predicted octanol–water partition coefficient (Wildman–Crippen LogP) is 5.41. The van der Waals surface area contributed by atoms with Crippen LogP contribution in [0.2, 0.25) is 0 Å². The van der Waals surface area contributed by atoms with E-state index < -0.39 is 6.36 Å². The molecule has 2 N–H and O–H groups in total. The Morgan fingerprint density at radius 1 is 0.846 bits per heavy atom. The van der Waals surface area contributed by atoms with Gasteiger partial charge < -0.3 is 15.2 Å². The number of nitrogen functional groups attached to an aromatic ring is 1. The summed E-state index contributed by atoms with van der Waals surface area (Å²) in [5.74, 6) is 0.172. The van der Waals surface area contributed by atoms with Crippen LogP contribution in [-0.2, 0) is 6.61 Å². The molecular formula is C20H16F3NO2. The van der Waals surface area contributed by atoms with E-state index in [9.17, 15) is 13.2 Å². The molecule has 3 nitrogen and oxygen atoms in total. The minimum atomic E-state index is -4.77. The standard InChI is InChI=1S/C20H16F3NO2/c21-20(22,23)26-19-9-5-4-8-18(19)15-10-16(24)12-17(11-15)25-13-14-6-2-1-3-7-14/h1-12H,13,24H2. The van der Waals surface area contributed by atoms with Crippen LogP contribution in [0, 0.1) is 0 Å². The summed E-state index contributed by atoms with van der Waals surface area (Å²) in [7, 11) is 0. The summed E-state index contributed by atoms with van der Waals surface area (Å²) < 4.78 is 47.7. The number of benzene rings is 3. The van der Waals surface area contributed by atoms with Crippen molar-refractivity contribution < 1.29 is 22.6 Å². The van der Waals surface area contributed by atoms with Crippen LogP contribution >= 0.6 is 0 Å². The molecule has 0 aromatic heterocycles. The number of hydrogen-bond donors (Lipinski definition) is 1. The van der Waals surface area contributed by atoms with E-state index in [1.54, 1.807) is 24.3 Å². The lowest BCUT2D eigenvalue weighted by Gasteiger charge is -2.15. The Morgan fingerprint density at radius 3 is 2.27 bits per heavy atom. The minimum absolute atomic E-state index is 0.279. The highest BCUT2D eigenvalue weighted by molar-refractivity contribution is 5.74. The highest BCUT2D eigenvalue weighted by Crippen LogP contribution is 2.36. The summed E-state index contributed by atoms with van der Waals surface area (Å²) >= 11 is 0. The number of nitrogens with two attached hydrogens (primary N) is 1. The van der Waals surface area contributed by atoms with E-state index in [4.69, 9.17) is 10.5 Å². The normalized spacial score (nSPS) is 11.2. The molecule has 6 heteroatoms. The van der Waals surface area contributed by atoms with Crippen molar-refractivity contribution in [2.75, 3.05) is 5.73 Å². The third-order valence-electron chi connectivity index (χ3n) is 3.60. The zero-order valence-corrected chi connectivity index (χ0v) is 13.7. The first-order valence-electron chi connectivity index (χ1n) is 7.83. The molecule has 0 saturated heterocycles. The molecule has 0 radical (unpaired) electrons. The fourth-order valence-corrected chi connectivity index (χ4v) is 2.52. The predicted molar refractivity (Wildman–Crippen MR) is 93.7 cm³/mol. The second kappa shape index (κ2) is 7.39. The van der Waals surface area contributed by atoms with E-state index in [1.165, 1.54) is 18.2 Å². The molecular weight excluding hydrogens is 343 g/mol. The quantitative estimate of drug-likeness (QED) is 0.619. The van der Waals surface area contributed by atoms with Gasteiger partial charge in [0.15, 0.2) is 0 Å². The Hall–Kier alpha value is -3.15. The van der Waals surface area contributed by atoms with Gasteiger partial charge in [-0.1, -0.05) is 48.5 Å². The van der Waals surface area contributed by atoms with Crippen molar-refractivity contribution in [1.82, 2.24) is 0 Å². The van der Waals surface area contributed by atoms with E-state index >= 15 is 0 Å². The molecule has 0 amide bonds. The van der Waals surface area contributed by atoms with Crippen LogP contribution in [0.1, 0.15) is 5.56 Å². The Bertz CT molecular complexity index is 880. The summed E-state index contributed by atoms with van der Waals surface area (Å²) in [6, 6.07) is 20.3. The van der Waals surface area contributed by atoms with E-state index in [0.29, 0.717) is 23.6 Å². The second-order valence-corrected chi connectivity index (χ2v) is 5.61. The lowest BCUT2D eigenvalue weighted by Crippen LogP contribution is -2.17. The lowest BCUT2D eigenvalue weighted by molar-refractivity contribution is -0.274. The zero-order valence-electron chi connectivity index (χ0n) is 13.7. The Labute approximate surface area is 148 Å². The highest BCUT2D eigenvalue weighted by Gasteiger charge is 2.32. The minimum Gasteiger partial charge on any atom is -0.489 e. The average molecular weight is 359 g/mol. The molecule has 26 heavy (non-hydrogen) atoms. The van der Waals surface area contributed by atoms with Crippen LogP contribution in [0.25, 0.3) is 11.1 Å². The molecule has 0 heterocycles. The molecule has 0 aliphatic rings. The first-order valence-corrected chi connectivity index (χ1v) is 7.83. The van der Waals surface area contributed by atoms with Gasteiger partial charge in [-0.25, -0.2) is 0 Å². The average Bonchev–Trinajstić information content (AvgIpc) is 2.59.